The van der Waals surface area contributed by atoms with Crippen molar-refractivity contribution in [3.05, 3.63) is 59.9 Å². The zero-order valence-electron chi connectivity index (χ0n) is 12.3. The van der Waals surface area contributed by atoms with E-state index < -0.39 is 5.82 Å². The van der Waals surface area contributed by atoms with Crippen LogP contribution in [-0.4, -0.2) is 20.1 Å². The van der Waals surface area contributed by atoms with Gasteiger partial charge in [0.1, 0.15) is 5.82 Å². The molecule has 114 valence electrons. The lowest BCUT2D eigenvalue weighted by Gasteiger charge is -2.07. The lowest BCUT2D eigenvalue weighted by Crippen LogP contribution is -2.07. The first-order valence-corrected chi connectivity index (χ1v) is 6.59. The van der Waals surface area contributed by atoms with E-state index in [1.165, 1.54) is 24.3 Å². The molecule has 1 N–H and O–H groups in total. The third kappa shape index (κ3) is 4.09. The van der Waals surface area contributed by atoms with Crippen molar-refractivity contribution >= 4 is 17.7 Å². The monoisotopic (exact) mass is 301 g/mol. The SMILES string of the molecule is COc1ccc(/C=C/C(=O)Nc2cccc(F)c2)cc1OC. The molecule has 0 aliphatic carbocycles. The maximum Gasteiger partial charge on any atom is 0.248 e. The van der Waals surface area contributed by atoms with Gasteiger partial charge in [-0.15, -0.1) is 0 Å². The fourth-order valence-corrected chi connectivity index (χ4v) is 1.88. The van der Waals surface area contributed by atoms with Gasteiger partial charge >= 0.3 is 0 Å². The van der Waals surface area contributed by atoms with E-state index in [1.807, 2.05) is 0 Å². The van der Waals surface area contributed by atoms with E-state index in [9.17, 15) is 9.18 Å². The van der Waals surface area contributed by atoms with Crippen LogP contribution in [0.2, 0.25) is 0 Å². The predicted molar refractivity (Wildman–Crippen MR) is 83.6 cm³/mol. The largest absolute Gasteiger partial charge is 0.493 e. The number of nitrogens with one attached hydrogen (secondary N) is 1. The second-order valence-electron chi connectivity index (χ2n) is 4.45. The van der Waals surface area contributed by atoms with Crippen LogP contribution < -0.4 is 14.8 Å². The van der Waals surface area contributed by atoms with Crippen molar-refractivity contribution in [1.29, 1.82) is 0 Å². The molecule has 0 heterocycles. The molecular weight excluding hydrogens is 285 g/mol. The number of amides is 1. The standard InChI is InChI=1S/C17H16FNO3/c1-21-15-8-6-12(10-16(15)22-2)7-9-17(20)19-14-5-3-4-13(18)11-14/h3-11H,1-2H3,(H,19,20)/b9-7+. The minimum atomic E-state index is -0.401. The smallest absolute Gasteiger partial charge is 0.248 e. The molecule has 0 atom stereocenters. The first-order chi connectivity index (χ1) is 10.6. The van der Waals surface area contributed by atoms with Gasteiger partial charge in [-0.2, -0.15) is 0 Å². The van der Waals surface area contributed by atoms with Crippen LogP contribution in [0.3, 0.4) is 0 Å². The van der Waals surface area contributed by atoms with Crippen molar-refractivity contribution in [1.82, 2.24) is 0 Å². The van der Waals surface area contributed by atoms with Gasteiger partial charge in [0, 0.05) is 11.8 Å². The van der Waals surface area contributed by atoms with Crippen molar-refractivity contribution in [3.63, 3.8) is 0 Å². The molecule has 0 aliphatic rings. The highest BCUT2D eigenvalue weighted by molar-refractivity contribution is 6.01. The topological polar surface area (TPSA) is 47.6 Å². The molecule has 0 saturated heterocycles. The third-order valence-corrected chi connectivity index (χ3v) is 2.93. The van der Waals surface area contributed by atoms with Crippen molar-refractivity contribution in [2.24, 2.45) is 0 Å². The molecule has 0 saturated carbocycles. The van der Waals surface area contributed by atoms with Crippen molar-refractivity contribution < 1.29 is 18.7 Å². The van der Waals surface area contributed by atoms with E-state index >= 15 is 0 Å². The third-order valence-electron chi connectivity index (χ3n) is 2.93. The van der Waals surface area contributed by atoms with Gasteiger partial charge in [0.05, 0.1) is 14.2 Å². The fourth-order valence-electron chi connectivity index (χ4n) is 1.88. The van der Waals surface area contributed by atoms with Crippen LogP contribution in [0, 0.1) is 5.82 Å². The Labute approximate surface area is 128 Å². The number of carbonyl (C=O) groups excluding carboxylic acids is 1. The number of hydrogen-bond acceptors (Lipinski definition) is 3. The number of anilines is 1. The van der Waals surface area contributed by atoms with Gasteiger partial charge in [0.2, 0.25) is 5.91 Å². The van der Waals surface area contributed by atoms with Gasteiger partial charge in [-0.05, 0) is 42.0 Å². The summed E-state index contributed by atoms with van der Waals surface area (Å²) in [5.41, 5.74) is 1.19. The number of hydrogen-bond donors (Lipinski definition) is 1. The van der Waals surface area contributed by atoms with Gasteiger partial charge < -0.3 is 14.8 Å². The van der Waals surface area contributed by atoms with Gasteiger partial charge in [0.25, 0.3) is 0 Å². The zero-order chi connectivity index (χ0) is 15.9. The van der Waals surface area contributed by atoms with E-state index in [0.29, 0.717) is 17.2 Å². The van der Waals surface area contributed by atoms with Crippen LogP contribution in [-0.2, 0) is 4.79 Å². The van der Waals surface area contributed by atoms with Crippen molar-refractivity contribution in [3.8, 4) is 11.5 Å². The van der Waals surface area contributed by atoms with Crippen molar-refractivity contribution in [2.45, 2.75) is 0 Å². The fraction of sp³-hybridized carbons (Fsp3) is 0.118. The Morgan fingerprint density at radius 3 is 2.55 bits per heavy atom. The first-order valence-electron chi connectivity index (χ1n) is 6.59. The number of carbonyl (C=O) groups is 1. The number of halogens is 1. The van der Waals surface area contributed by atoms with Crippen LogP contribution in [0.25, 0.3) is 6.08 Å². The molecule has 0 bridgehead atoms. The maximum absolute atomic E-state index is 13.0. The number of rotatable bonds is 5. The molecule has 0 fully saturated rings. The molecule has 1 amide bonds. The summed E-state index contributed by atoms with van der Waals surface area (Å²) in [6.45, 7) is 0. The molecule has 2 aromatic rings. The number of benzene rings is 2. The molecule has 22 heavy (non-hydrogen) atoms. The highest BCUT2D eigenvalue weighted by Gasteiger charge is 2.03. The Kier molecular flexibility index (Phi) is 5.14. The minimum absolute atomic E-state index is 0.347. The quantitative estimate of drug-likeness (QED) is 0.860. The average Bonchev–Trinajstić information content (AvgIpc) is 2.52. The molecule has 0 aliphatic heterocycles. The van der Waals surface area contributed by atoms with E-state index in [-0.39, 0.29) is 5.91 Å². The van der Waals surface area contributed by atoms with Gasteiger partial charge in [-0.3, -0.25) is 4.79 Å². The normalized spacial score (nSPS) is 10.5. The Morgan fingerprint density at radius 2 is 1.86 bits per heavy atom. The summed E-state index contributed by atoms with van der Waals surface area (Å²) >= 11 is 0. The van der Waals surface area contributed by atoms with Crippen LogP contribution in [0.15, 0.2) is 48.5 Å². The molecule has 4 nitrogen and oxygen atoms in total. The lowest BCUT2D eigenvalue weighted by molar-refractivity contribution is -0.111. The molecular formula is C17H16FNO3. The summed E-state index contributed by atoms with van der Waals surface area (Å²) in [5.74, 6) is 0.445. The number of methoxy groups -OCH3 is 2. The molecule has 0 radical (unpaired) electrons. The van der Waals surface area contributed by atoms with Gasteiger partial charge in [-0.25, -0.2) is 4.39 Å². The Bertz CT molecular complexity index is 698. The molecule has 0 spiro atoms. The van der Waals surface area contributed by atoms with Crippen LogP contribution in [0.1, 0.15) is 5.56 Å². The summed E-state index contributed by atoms with van der Waals surface area (Å²) in [4.78, 5) is 11.8. The Hall–Kier alpha value is -2.82. The summed E-state index contributed by atoms with van der Waals surface area (Å²) in [6, 6.07) is 11.0. The minimum Gasteiger partial charge on any atom is -0.493 e. The first kappa shape index (κ1) is 15.6. The van der Waals surface area contributed by atoms with E-state index in [0.717, 1.165) is 5.56 Å². The van der Waals surface area contributed by atoms with E-state index in [2.05, 4.69) is 5.32 Å². The molecule has 2 aromatic carbocycles. The van der Waals surface area contributed by atoms with Gasteiger partial charge in [0.15, 0.2) is 11.5 Å². The highest BCUT2D eigenvalue weighted by atomic mass is 19.1. The predicted octanol–water partition coefficient (Wildman–Crippen LogP) is 3.49. The van der Waals surface area contributed by atoms with E-state index in [1.54, 1.807) is 44.6 Å². The summed E-state index contributed by atoms with van der Waals surface area (Å²) in [5, 5.41) is 2.58. The maximum atomic E-state index is 13.0. The summed E-state index contributed by atoms with van der Waals surface area (Å²) in [7, 11) is 3.10. The van der Waals surface area contributed by atoms with Crippen LogP contribution in [0.5, 0.6) is 11.5 Å². The second-order valence-corrected chi connectivity index (χ2v) is 4.45. The second kappa shape index (κ2) is 7.26. The van der Waals surface area contributed by atoms with Crippen LogP contribution >= 0.6 is 0 Å². The molecule has 0 unspecified atom stereocenters. The zero-order valence-corrected chi connectivity index (χ0v) is 12.3. The molecule has 5 heteroatoms. The molecule has 0 aromatic heterocycles. The summed E-state index contributed by atoms with van der Waals surface area (Å²) < 4.78 is 23.4. The number of ether oxygens (including phenoxy) is 2. The summed E-state index contributed by atoms with van der Waals surface area (Å²) in [6.07, 6.45) is 3.00. The van der Waals surface area contributed by atoms with E-state index in [4.69, 9.17) is 9.47 Å². The van der Waals surface area contributed by atoms with Crippen LogP contribution in [0.4, 0.5) is 10.1 Å². The highest BCUT2D eigenvalue weighted by Crippen LogP contribution is 2.27. The molecule has 2 rings (SSSR count). The Morgan fingerprint density at radius 1 is 1.09 bits per heavy atom. The Balaban J connectivity index is 2.06. The average molecular weight is 301 g/mol. The van der Waals surface area contributed by atoms with Crippen molar-refractivity contribution in [2.75, 3.05) is 19.5 Å². The van der Waals surface area contributed by atoms with Gasteiger partial charge in [-0.1, -0.05) is 12.1 Å². The lowest BCUT2D eigenvalue weighted by atomic mass is 10.2.